The van der Waals surface area contributed by atoms with E-state index in [1.54, 1.807) is 0 Å². The van der Waals surface area contributed by atoms with Gasteiger partial charge in [0.15, 0.2) is 0 Å². The lowest BCUT2D eigenvalue weighted by Crippen LogP contribution is -2.24. The van der Waals surface area contributed by atoms with Crippen LogP contribution in [0.2, 0.25) is 0 Å². The highest BCUT2D eigenvalue weighted by molar-refractivity contribution is 5.98. The highest BCUT2D eigenvalue weighted by Gasteiger charge is 2.21. The Bertz CT molecular complexity index is 387. The molecule has 2 rings (SSSR count). The molecule has 80 valence electrons. The first kappa shape index (κ1) is 10.0. The number of amides is 1. The van der Waals surface area contributed by atoms with E-state index < -0.39 is 0 Å². The van der Waals surface area contributed by atoms with E-state index in [9.17, 15) is 4.79 Å². The predicted molar refractivity (Wildman–Crippen MR) is 62.1 cm³/mol. The molecule has 1 aliphatic heterocycles. The zero-order valence-corrected chi connectivity index (χ0v) is 9.13. The number of fused-ring (bicyclic) bond motifs is 1. The summed E-state index contributed by atoms with van der Waals surface area (Å²) in [6.07, 6.45) is 0.867. The number of carbonyl (C=O) groups excluding carboxylic acids is 1. The van der Waals surface area contributed by atoms with Gasteiger partial charge in [0.1, 0.15) is 0 Å². The zero-order chi connectivity index (χ0) is 10.8. The van der Waals surface area contributed by atoms with Crippen LogP contribution in [0.1, 0.15) is 18.9 Å². The van der Waals surface area contributed by atoms with Crippen LogP contribution in [0.3, 0.4) is 0 Å². The van der Waals surface area contributed by atoms with Crippen LogP contribution in [0.5, 0.6) is 0 Å². The molecule has 1 unspecified atom stereocenters. The molecule has 1 atom stereocenters. The third-order valence-corrected chi connectivity index (χ3v) is 2.92. The first-order chi connectivity index (χ1) is 7.22. The largest absolute Gasteiger partial charge is 0.382 e. The Morgan fingerprint density at radius 2 is 2.27 bits per heavy atom. The molecule has 1 aliphatic rings. The summed E-state index contributed by atoms with van der Waals surface area (Å²) < 4.78 is 0. The SMILES string of the molecule is CCC1CNc2c(C)cccc2NC1=O. The second-order valence-corrected chi connectivity index (χ2v) is 3.97. The Kier molecular flexibility index (Phi) is 2.62. The van der Waals surface area contributed by atoms with Crippen LogP contribution < -0.4 is 10.6 Å². The molecule has 0 aromatic heterocycles. The standard InChI is InChI=1S/C12H16N2O/c1-3-9-7-13-11-8(2)5-4-6-10(11)14-12(9)15/h4-6,9,13H,3,7H2,1-2H3,(H,14,15). The van der Waals surface area contributed by atoms with Crippen molar-refractivity contribution in [3.63, 3.8) is 0 Å². The Labute approximate surface area is 89.9 Å². The number of aryl methyl sites for hydroxylation is 1. The smallest absolute Gasteiger partial charge is 0.229 e. The van der Waals surface area contributed by atoms with Crippen molar-refractivity contribution in [3.05, 3.63) is 23.8 Å². The third kappa shape index (κ3) is 1.82. The molecule has 15 heavy (non-hydrogen) atoms. The van der Waals surface area contributed by atoms with Crippen molar-refractivity contribution < 1.29 is 4.79 Å². The molecule has 0 bridgehead atoms. The summed E-state index contributed by atoms with van der Waals surface area (Å²) >= 11 is 0. The fourth-order valence-electron chi connectivity index (χ4n) is 1.89. The molecular formula is C12H16N2O. The van der Waals surface area contributed by atoms with Crippen molar-refractivity contribution in [2.45, 2.75) is 20.3 Å². The molecule has 1 heterocycles. The Hall–Kier alpha value is -1.51. The van der Waals surface area contributed by atoms with Gasteiger partial charge >= 0.3 is 0 Å². The minimum absolute atomic E-state index is 0.0665. The van der Waals surface area contributed by atoms with Gasteiger partial charge in [-0.1, -0.05) is 19.1 Å². The van der Waals surface area contributed by atoms with Crippen molar-refractivity contribution in [1.29, 1.82) is 0 Å². The van der Waals surface area contributed by atoms with Gasteiger partial charge in [-0.15, -0.1) is 0 Å². The number of rotatable bonds is 1. The van der Waals surface area contributed by atoms with E-state index in [0.717, 1.165) is 24.3 Å². The second kappa shape index (κ2) is 3.93. The number of benzene rings is 1. The number of hydrogen-bond acceptors (Lipinski definition) is 2. The Morgan fingerprint density at radius 3 is 3.00 bits per heavy atom. The monoisotopic (exact) mass is 204 g/mol. The minimum atomic E-state index is 0.0665. The van der Waals surface area contributed by atoms with Crippen LogP contribution in [0.15, 0.2) is 18.2 Å². The maximum absolute atomic E-state index is 11.8. The molecule has 1 aromatic rings. The van der Waals surface area contributed by atoms with Gasteiger partial charge in [0, 0.05) is 6.54 Å². The third-order valence-electron chi connectivity index (χ3n) is 2.92. The van der Waals surface area contributed by atoms with Gasteiger partial charge in [0.25, 0.3) is 0 Å². The van der Waals surface area contributed by atoms with E-state index in [-0.39, 0.29) is 11.8 Å². The average Bonchev–Trinajstić information content (AvgIpc) is 2.37. The van der Waals surface area contributed by atoms with Gasteiger partial charge in [-0.2, -0.15) is 0 Å². The van der Waals surface area contributed by atoms with Gasteiger partial charge in [-0.25, -0.2) is 0 Å². The Morgan fingerprint density at radius 1 is 1.47 bits per heavy atom. The average molecular weight is 204 g/mol. The van der Waals surface area contributed by atoms with Crippen LogP contribution in [0.25, 0.3) is 0 Å². The first-order valence-electron chi connectivity index (χ1n) is 5.36. The summed E-state index contributed by atoms with van der Waals surface area (Å²) in [4.78, 5) is 11.8. The fraction of sp³-hybridized carbons (Fsp3) is 0.417. The van der Waals surface area contributed by atoms with E-state index in [4.69, 9.17) is 0 Å². The molecule has 0 fully saturated rings. The molecule has 1 aromatic carbocycles. The number of anilines is 2. The van der Waals surface area contributed by atoms with E-state index in [1.807, 2.05) is 32.0 Å². The summed E-state index contributed by atoms with van der Waals surface area (Å²) in [5, 5.41) is 6.30. The summed E-state index contributed by atoms with van der Waals surface area (Å²) in [5.74, 6) is 0.186. The van der Waals surface area contributed by atoms with Gasteiger partial charge < -0.3 is 10.6 Å². The lowest BCUT2D eigenvalue weighted by molar-refractivity contribution is -0.119. The van der Waals surface area contributed by atoms with E-state index in [0.29, 0.717) is 0 Å². The molecule has 1 amide bonds. The van der Waals surface area contributed by atoms with Crippen LogP contribution in [-0.2, 0) is 4.79 Å². The molecule has 0 saturated carbocycles. The molecule has 3 nitrogen and oxygen atoms in total. The van der Waals surface area contributed by atoms with Gasteiger partial charge in [0.05, 0.1) is 17.3 Å². The summed E-state index contributed by atoms with van der Waals surface area (Å²) in [5.41, 5.74) is 3.13. The lowest BCUT2D eigenvalue weighted by Gasteiger charge is -2.10. The molecule has 0 saturated heterocycles. The first-order valence-corrected chi connectivity index (χ1v) is 5.36. The maximum atomic E-state index is 11.8. The molecule has 0 spiro atoms. The molecule has 0 aliphatic carbocycles. The lowest BCUT2D eigenvalue weighted by atomic mass is 10.1. The van der Waals surface area contributed by atoms with E-state index >= 15 is 0 Å². The summed E-state index contributed by atoms with van der Waals surface area (Å²) in [6.45, 7) is 4.80. The summed E-state index contributed by atoms with van der Waals surface area (Å²) in [7, 11) is 0. The molecular weight excluding hydrogens is 188 g/mol. The quantitative estimate of drug-likeness (QED) is 0.737. The molecule has 3 heteroatoms. The van der Waals surface area contributed by atoms with Crippen LogP contribution in [0.4, 0.5) is 11.4 Å². The topological polar surface area (TPSA) is 41.1 Å². The summed E-state index contributed by atoms with van der Waals surface area (Å²) in [6, 6.07) is 5.94. The normalized spacial score (nSPS) is 19.9. The van der Waals surface area contributed by atoms with Gasteiger partial charge in [-0.05, 0) is 25.0 Å². The van der Waals surface area contributed by atoms with Crippen LogP contribution in [-0.4, -0.2) is 12.5 Å². The second-order valence-electron chi connectivity index (χ2n) is 3.97. The van der Waals surface area contributed by atoms with Crippen molar-refractivity contribution in [2.24, 2.45) is 5.92 Å². The molecule has 2 N–H and O–H groups in total. The van der Waals surface area contributed by atoms with E-state index in [2.05, 4.69) is 10.6 Å². The van der Waals surface area contributed by atoms with E-state index in [1.165, 1.54) is 5.56 Å². The number of carbonyl (C=O) groups is 1. The minimum Gasteiger partial charge on any atom is -0.382 e. The zero-order valence-electron chi connectivity index (χ0n) is 9.13. The number of para-hydroxylation sites is 1. The van der Waals surface area contributed by atoms with Crippen LogP contribution in [0, 0.1) is 12.8 Å². The van der Waals surface area contributed by atoms with Crippen LogP contribution >= 0.6 is 0 Å². The Balaban J connectivity index is 2.35. The van der Waals surface area contributed by atoms with Crippen molar-refractivity contribution in [2.75, 3.05) is 17.2 Å². The van der Waals surface area contributed by atoms with Gasteiger partial charge in [-0.3, -0.25) is 4.79 Å². The fourth-order valence-corrected chi connectivity index (χ4v) is 1.89. The van der Waals surface area contributed by atoms with Crippen molar-refractivity contribution in [3.8, 4) is 0 Å². The highest BCUT2D eigenvalue weighted by Crippen LogP contribution is 2.29. The van der Waals surface area contributed by atoms with Crippen molar-refractivity contribution >= 4 is 17.3 Å². The predicted octanol–water partition coefficient (Wildman–Crippen LogP) is 2.39. The number of nitrogens with one attached hydrogen (secondary N) is 2. The molecule has 0 radical (unpaired) electrons. The maximum Gasteiger partial charge on any atom is 0.229 e. The number of hydrogen-bond donors (Lipinski definition) is 2. The van der Waals surface area contributed by atoms with Gasteiger partial charge in [0.2, 0.25) is 5.91 Å². The van der Waals surface area contributed by atoms with Crippen molar-refractivity contribution in [1.82, 2.24) is 0 Å². The highest BCUT2D eigenvalue weighted by atomic mass is 16.1.